The summed E-state index contributed by atoms with van der Waals surface area (Å²) in [5, 5.41) is 8.20. The standard InChI is InChI=1S/C17H21N3O/c18-11-13-7-4-9-15(13)19-17(21)20-16-10-3-6-12-5-1-2-8-14(12)16/h1-3,5-6,8,10,13,15H,4,7,9,11,18H2,(H2,19,20,21). The van der Waals surface area contributed by atoms with Gasteiger partial charge in [0.2, 0.25) is 0 Å². The number of urea groups is 1. The Bertz CT molecular complexity index is 635. The van der Waals surface area contributed by atoms with Gasteiger partial charge in [-0.15, -0.1) is 0 Å². The maximum Gasteiger partial charge on any atom is 0.319 e. The van der Waals surface area contributed by atoms with E-state index in [4.69, 9.17) is 5.73 Å². The lowest BCUT2D eigenvalue weighted by molar-refractivity contribution is 0.245. The van der Waals surface area contributed by atoms with Crippen molar-refractivity contribution in [3.8, 4) is 0 Å². The zero-order valence-corrected chi connectivity index (χ0v) is 12.0. The van der Waals surface area contributed by atoms with E-state index in [1.807, 2.05) is 42.5 Å². The average Bonchev–Trinajstić information content (AvgIpc) is 2.94. The van der Waals surface area contributed by atoms with E-state index in [0.717, 1.165) is 35.7 Å². The van der Waals surface area contributed by atoms with Crippen LogP contribution in [0.5, 0.6) is 0 Å². The molecule has 2 aromatic carbocycles. The van der Waals surface area contributed by atoms with Crippen LogP contribution in [0.3, 0.4) is 0 Å². The Hall–Kier alpha value is -2.07. The second-order valence-corrected chi connectivity index (χ2v) is 5.66. The van der Waals surface area contributed by atoms with Crippen molar-refractivity contribution in [1.29, 1.82) is 0 Å². The van der Waals surface area contributed by atoms with Crippen molar-refractivity contribution in [2.75, 3.05) is 11.9 Å². The Kier molecular flexibility index (Phi) is 4.06. The van der Waals surface area contributed by atoms with Crippen molar-refractivity contribution in [3.63, 3.8) is 0 Å². The Morgan fingerprint density at radius 1 is 1.14 bits per heavy atom. The number of carbonyl (C=O) groups excluding carboxylic acids is 1. The third-order valence-corrected chi connectivity index (χ3v) is 4.32. The minimum absolute atomic E-state index is 0.142. The third-order valence-electron chi connectivity index (χ3n) is 4.32. The summed E-state index contributed by atoms with van der Waals surface area (Å²) >= 11 is 0. The smallest absolute Gasteiger partial charge is 0.319 e. The van der Waals surface area contributed by atoms with Gasteiger partial charge in [0.25, 0.3) is 0 Å². The molecule has 2 aromatic rings. The lowest BCUT2D eigenvalue weighted by atomic mass is 10.0. The predicted octanol–water partition coefficient (Wildman–Crippen LogP) is 3.09. The van der Waals surface area contributed by atoms with Crippen molar-refractivity contribution in [1.82, 2.24) is 5.32 Å². The Balaban J connectivity index is 1.72. The number of rotatable bonds is 3. The molecule has 0 aromatic heterocycles. The van der Waals surface area contributed by atoms with Crippen LogP contribution in [-0.2, 0) is 0 Å². The summed E-state index contributed by atoms with van der Waals surface area (Å²) in [5.41, 5.74) is 6.60. The topological polar surface area (TPSA) is 67.1 Å². The number of nitrogens with one attached hydrogen (secondary N) is 2. The molecule has 4 heteroatoms. The summed E-state index contributed by atoms with van der Waals surface area (Å²) in [5.74, 6) is 0.406. The van der Waals surface area contributed by atoms with E-state index >= 15 is 0 Å². The van der Waals surface area contributed by atoms with Gasteiger partial charge in [-0.3, -0.25) is 0 Å². The monoisotopic (exact) mass is 283 g/mol. The molecule has 0 bridgehead atoms. The van der Waals surface area contributed by atoms with E-state index in [1.54, 1.807) is 0 Å². The highest BCUT2D eigenvalue weighted by molar-refractivity contribution is 6.01. The van der Waals surface area contributed by atoms with Crippen molar-refractivity contribution in [3.05, 3.63) is 42.5 Å². The molecule has 2 atom stereocenters. The molecule has 1 aliphatic carbocycles. The number of fused-ring (bicyclic) bond motifs is 1. The second kappa shape index (κ2) is 6.14. The summed E-state index contributed by atoms with van der Waals surface area (Å²) in [7, 11) is 0. The van der Waals surface area contributed by atoms with Gasteiger partial charge in [0.15, 0.2) is 0 Å². The highest BCUT2D eigenvalue weighted by Gasteiger charge is 2.27. The van der Waals surface area contributed by atoms with Gasteiger partial charge in [0.1, 0.15) is 0 Å². The summed E-state index contributed by atoms with van der Waals surface area (Å²) in [4.78, 5) is 12.2. The minimum Gasteiger partial charge on any atom is -0.335 e. The summed E-state index contributed by atoms with van der Waals surface area (Å²) < 4.78 is 0. The van der Waals surface area contributed by atoms with Crippen LogP contribution >= 0.6 is 0 Å². The number of hydrogen-bond acceptors (Lipinski definition) is 2. The SMILES string of the molecule is NCC1CCCC1NC(=O)Nc1cccc2ccccc12. The number of hydrogen-bond donors (Lipinski definition) is 3. The van der Waals surface area contributed by atoms with Crippen LogP contribution in [0.4, 0.5) is 10.5 Å². The molecular weight excluding hydrogens is 262 g/mol. The van der Waals surface area contributed by atoms with Gasteiger partial charge >= 0.3 is 6.03 Å². The first kappa shape index (κ1) is 13.9. The quantitative estimate of drug-likeness (QED) is 0.810. The van der Waals surface area contributed by atoms with E-state index in [1.165, 1.54) is 0 Å². The van der Waals surface area contributed by atoms with E-state index in [-0.39, 0.29) is 12.1 Å². The molecule has 3 rings (SSSR count). The Morgan fingerprint density at radius 2 is 1.95 bits per heavy atom. The van der Waals surface area contributed by atoms with Crippen molar-refractivity contribution >= 4 is 22.5 Å². The van der Waals surface area contributed by atoms with Gasteiger partial charge in [0.05, 0.1) is 5.69 Å². The average molecular weight is 283 g/mol. The van der Waals surface area contributed by atoms with Gasteiger partial charge in [-0.2, -0.15) is 0 Å². The fourth-order valence-corrected chi connectivity index (χ4v) is 3.17. The van der Waals surface area contributed by atoms with Crippen molar-refractivity contribution in [2.45, 2.75) is 25.3 Å². The predicted molar refractivity (Wildman–Crippen MR) is 86.3 cm³/mol. The van der Waals surface area contributed by atoms with Crippen molar-refractivity contribution < 1.29 is 4.79 Å². The summed E-state index contributed by atoms with van der Waals surface area (Å²) in [6.07, 6.45) is 3.27. The maximum atomic E-state index is 12.2. The van der Waals surface area contributed by atoms with E-state index in [2.05, 4.69) is 10.6 Å². The number of nitrogens with two attached hydrogens (primary N) is 1. The fourth-order valence-electron chi connectivity index (χ4n) is 3.17. The molecule has 1 saturated carbocycles. The number of carbonyl (C=O) groups is 1. The van der Waals surface area contributed by atoms with Gasteiger partial charge in [0, 0.05) is 11.4 Å². The van der Waals surface area contributed by atoms with Crippen LogP contribution in [0.15, 0.2) is 42.5 Å². The first-order chi connectivity index (χ1) is 10.3. The lowest BCUT2D eigenvalue weighted by Crippen LogP contribution is -2.42. The van der Waals surface area contributed by atoms with Gasteiger partial charge in [-0.05, 0) is 36.8 Å². The molecule has 21 heavy (non-hydrogen) atoms. The molecule has 0 saturated heterocycles. The number of anilines is 1. The van der Waals surface area contributed by atoms with Gasteiger partial charge < -0.3 is 16.4 Å². The molecule has 1 fully saturated rings. The van der Waals surface area contributed by atoms with Crippen molar-refractivity contribution in [2.24, 2.45) is 11.7 Å². The molecule has 110 valence electrons. The molecule has 4 nitrogen and oxygen atoms in total. The van der Waals surface area contributed by atoms with Gasteiger partial charge in [-0.25, -0.2) is 4.79 Å². The zero-order chi connectivity index (χ0) is 14.7. The highest BCUT2D eigenvalue weighted by atomic mass is 16.2. The molecule has 0 heterocycles. The molecule has 1 aliphatic rings. The lowest BCUT2D eigenvalue weighted by Gasteiger charge is -2.20. The molecule has 4 N–H and O–H groups in total. The van der Waals surface area contributed by atoms with E-state index in [0.29, 0.717) is 12.5 Å². The van der Waals surface area contributed by atoms with Crippen LogP contribution in [0.25, 0.3) is 10.8 Å². The summed E-state index contributed by atoms with van der Waals surface area (Å²) in [6.45, 7) is 0.638. The molecule has 0 aliphatic heterocycles. The van der Waals surface area contributed by atoms with E-state index in [9.17, 15) is 4.79 Å². The van der Waals surface area contributed by atoms with E-state index < -0.39 is 0 Å². The molecule has 0 radical (unpaired) electrons. The molecule has 2 unspecified atom stereocenters. The van der Waals surface area contributed by atoms with Crippen LogP contribution < -0.4 is 16.4 Å². The normalized spacial score (nSPS) is 21.4. The van der Waals surface area contributed by atoms with Crippen LogP contribution in [-0.4, -0.2) is 18.6 Å². The first-order valence-electron chi connectivity index (χ1n) is 7.53. The van der Waals surface area contributed by atoms with Crippen LogP contribution in [0, 0.1) is 5.92 Å². The Labute approximate surface area is 124 Å². The molecular formula is C17H21N3O. The number of benzene rings is 2. The molecule has 0 spiro atoms. The highest BCUT2D eigenvalue weighted by Crippen LogP contribution is 2.25. The molecule has 2 amide bonds. The van der Waals surface area contributed by atoms with Crippen LogP contribution in [0.2, 0.25) is 0 Å². The second-order valence-electron chi connectivity index (χ2n) is 5.66. The largest absolute Gasteiger partial charge is 0.335 e. The number of amides is 2. The summed E-state index contributed by atoms with van der Waals surface area (Å²) in [6, 6.07) is 14.0. The Morgan fingerprint density at radius 3 is 2.81 bits per heavy atom. The minimum atomic E-state index is -0.142. The first-order valence-corrected chi connectivity index (χ1v) is 7.53. The van der Waals surface area contributed by atoms with Crippen LogP contribution in [0.1, 0.15) is 19.3 Å². The fraction of sp³-hybridized carbons (Fsp3) is 0.353. The zero-order valence-electron chi connectivity index (χ0n) is 12.0. The third kappa shape index (κ3) is 3.00. The maximum absolute atomic E-state index is 12.2. The van der Waals surface area contributed by atoms with Gasteiger partial charge in [-0.1, -0.05) is 42.8 Å².